The van der Waals surface area contributed by atoms with Crippen molar-refractivity contribution in [1.29, 1.82) is 0 Å². The minimum absolute atomic E-state index is 0.0464. The van der Waals surface area contributed by atoms with E-state index in [4.69, 9.17) is 4.74 Å². The number of fused-ring (bicyclic) bond motifs is 3. The highest BCUT2D eigenvalue weighted by atomic mass is 16.5. The van der Waals surface area contributed by atoms with E-state index in [1.54, 1.807) is 7.11 Å². The van der Waals surface area contributed by atoms with E-state index in [0.29, 0.717) is 17.7 Å². The molecule has 0 bridgehead atoms. The second-order valence-electron chi connectivity index (χ2n) is 9.22. The van der Waals surface area contributed by atoms with Crippen molar-refractivity contribution in [3.8, 4) is 5.75 Å². The first-order valence-electron chi connectivity index (χ1n) is 12.4. The number of hydrogen-bond donors (Lipinski definition) is 1. The molecular weight excluding hydrogens is 446 g/mol. The van der Waals surface area contributed by atoms with Crippen LogP contribution in [0.15, 0.2) is 35.4 Å². The number of imidazole rings is 1. The maximum Gasteiger partial charge on any atom is 0.282 e. The molecule has 1 N–H and O–H groups in total. The zero-order valence-corrected chi connectivity index (χ0v) is 20.3. The van der Waals surface area contributed by atoms with Gasteiger partial charge < -0.3 is 19.5 Å². The molecule has 0 radical (unpaired) electrons. The van der Waals surface area contributed by atoms with Crippen LogP contribution in [0.3, 0.4) is 0 Å². The highest BCUT2D eigenvalue weighted by Crippen LogP contribution is 2.20. The molecule has 1 saturated heterocycles. The average Bonchev–Trinajstić information content (AvgIpc) is 3.07. The third-order valence-corrected chi connectivity index (χ3v) is 6.96. The van der Waals surface area contributed by atoms with Crippen LogP contribution >= 0.6 is 0 Å². The molecule has 35 heavy (non-hydrogen) atoms. The molecule has 3 aromatic rings. The molecule has 186 valence electrons. The number of benzene rings is 1. The van der Waals surface area contributed by atoms with Crippen LogP contribution in [0.1, 0.15) is 25.1 Å². The third kappa shape index (κ3) is 5.17. The number of nitrogens with zero attached hydrogens (tertiary/aromatic N) is 6. The lowest BCUT2D eigenvalue weighted by Crippen LogP contribution is -2.48. The van der Waals surface area contributed by atoms with E-state index in [0.717, 1.165) is 70.1 Å². The minimum atomic E-state index is -0.250. The number of carbonyl (C=O) groups excluding carboxylic acids is 1. The van der Waals surface area contributed by atoms with Crippen LogP contribution in [0, 0.1) is 0 Å². The lowest BCUT2D eigenvalue weighted by molar-refractivity contribution is -0.121. The maximum absolute atomic E-state index is 12.9. The van der Waals surface area contributed by atoms with Gasteiger partial charge in [0, 0.05) is 57.9 Å². The van der Waals surface area contributed by atoms with E-state index in [9.17, 15) is 9.59 Å². The van der Waals surface area contributed by atoms with Crippen molar-refractivity contribution in [2.24, 2.45) is 0 Å². The van der Waals surface area contributed by atoms with Gasteiger partial charge in [0.1, 0.15) is 24.4 Å². The monoisotopic (exact) mass is 479 g/mol. The summed E-state index contributed by atoms with van der Waals surface area (Å²) in [5.41, 5.74) is 1.95. The van der Waals surface area contributed by atoms with E-state index in [2.05, 4.69) is 41.8 Å². The summed E-state index contributed by atoms with van der Waals surface area (Å²) in [4.78, 5) is 39.2. The van der Waals surface area contributed by atoms with Crippen LogP contribution in [0.25, 0.3) is 11.2 Å². The van der Waals surface area contributed by atoms with Crippen molar-refractivity contribution in [1.82, 2.24) is 29.3 Å². The van der Waals surface area contributed by atoms with E-state index in [1.807, 2.05) is 12.1 Å². The molecule has 0 atom stereocenters. The van der Waals surface area contributed by atoms with Gasteiger partial charge >= 0.3 is 0 Å². The van der Waals surface area contributed by atoms with Crippen molar-refractivity contribution in [2.75, 3.05) is 51.3 Å². The smallest absolute Gasteiger partial charge is 0.282 e. The summed E-state index contributed by atoms with van der Waals surface area (Å²) in [7, 11) is 1.67. The highest BCUT2D eigenvalue weighted by Gasteiger charge is 2.19. The molecule has 0 aliphatic carbocycles. The predicted molar refractivity (Wildman–Crippen MR) is 134 cm³/mol. The number of nitrogens with one attached hydrogen (secondary N) is 1. The van der Waals surface area contributed by atoms with Crippen molar-refractivity contribution < 1.29 is 9.53 Å². The number of anilines is 1. The molecule has 10 nitrogen and oxygen atoms in total. The first kappa shape index (κ1) is 23.3. The lowest BCUT2D eigenvalue weighted by atomic mass is 10.2. The van der Waals surface area contributed by atoms with Gasteiger partial charge in [0.2, 0.25) is 5.91 Å². The van der Waals surface area contributed by atoms with Gasteiger partial charge in [-0.15, -0.1) is 0 Å². The fourth-order valence-corrected chi connectivity index (χ4v) is 4.93. The van der Waals surface area contributed by atoms with E-state index in [1.165, 1.54) is 23.0 Å². The number of amides is 1. The Balaban J connectivity index is 1.10. The molecule has 5 rings (SSSR count). The lowest BCUT2D eigenvalue weighted by Gasteiger charge is -2.36. The summed E-state index contributed by atoms with van der Waals surface area (Å²) < 4.78 is 8.65. The molecule has 1 fully saturated rings. The quantitative estimate of drug-likeness (QED) is 0.545. The number of carbonyl (C=O) groups is 1. The Morgan fingerprint density at radius 3 is 2.63 bits per heavy atom. The van der Waals surface area contributed by atoms with Crippen molar-refractivity contribution >= 4 is 22.8 Å². The first-order valence-corrected chi connectivity index (χ1v) is 12.4. The molecule has 1 aromatic carbocycles. The van der Waals surface area contributed by atoms with Gasteiger partial charge in [-0.1, -0.05) is 6.42 Å². The van der Waals surface area contributed by atoms with Crippen LogP contribution < -0.4 is 20.5 Å². The number of rotatable bonds is 7. The van der Waals surface area contributed by atoms with E-state index >= 15 is 0 Å². The molecule has 1 amide bonds. The van der Waals surface area contributed by atoms with Gasteiger partial charge in [-0.2, -0.15) is 0 Å². The molecule has 4 heterocycles. The number of aryl methyl sites for hydroxylation is 2. The highest BCUT2D eigenvalue weighted by molar-refractivity contribution is 5.76. The summed E-state index contributed by atoms with van der Waals surface area (Å²) in [5, 5.41) is 2.95. The molecule has 2 aliphatic rings. The summed E-state index contributed by atoms with van der Waals surface area (Å²) in [6.07, 6.45) is 5.66. The summed E-state index contributed by atoms with van der Waals surface area (Å²) in [6, 6.07) is 8.14. The molecule has 2 aliphatic heterocycles. The Bertz CT molecular complexity index is 1230. The summed E-state index contributed by atoms with van der Waals surface area (Å²) >= 11 is 0. The number of aromatic nitrogens is 4. The molecule has 2 aromatic heterocycles. The number of ether oxygens (including phenoxy) is 1. The molecule has 0 spiro atoms. The van der Waals surface area contributed by atoms with E-state index in [-0.39, 0.29) is 18.0 Å². The minimum Gasteiger partial charge on any atom is -0.497 e. The van der Waals surface area contributed by atoms with Crippen molar-refractivity contribution in [2.45, 2.75) is 38.8 Å². The second-order valence-corrected chi connectivity index (χ2v) is 9.22. The summed E-state index contributed by atoms with van der Waals surface area (Å²) in [6.45, 7) is 5.88. The average molecular weight is 480 g/mol. The van der Waals surface area contributed by atoms with Crippen LogP contribution in [0.5, 0.6) is 5.75 Å². The van der Waals surface area contributed by atoms with Crippen LogP contribution in [-0.4, -0.2) is 76.3 Å². The maximum atomic E-state index is 12.9. The molecule has 10 heteroatoms. The van der Waals surface area contributed by atoms with E-state index < -0.39 is 0 Å². The van der Waals surface area contributed by atoms with Crippen LogP contribution in [0.4, 0.5) is 5.69 Å². The first-order chi connectivity index (χ1) is 17.1. The molecular formula is C25H33N7O3. The molecule has 0 saturated carbocycles. The fourth-order valence-electron chi connectivity index (χ4n) is 4.93. The van der Waals surface area contributed by atoms with Crippen molar-refractivity contribution in [3.63, 3.8) is 0 Å². The Hall–Kier alpha value is -3.40. The normalized spacial score (nSPS) is 16.7. The Labute approximate surface area is 204 Å². The SMILES string of the molecule is COc1ccc(N2CCN(CCNC(=O)Cn3cnc4c(nc5n4CCCCC5)c3=O)CC2)cc1. The largest absolute Gasteiger partial charge is 0.497 e. The van der Waals surface area contributed by atoms with Gasteiger partial charge in [0.05, 0.1) is 7.11 Å². The zero-order valence-electron chi connectivity index (χ0n) is 20.3. The number of hydrogen-bond acceptors (Lipinski definition) is 7. The fraction of sp³-hybridized carbons (Fsp3) is 0.520. The number of methoxy groups -OCH3 is 1. The molecule has 0 unspecified atom stereocenters. The predicted octanol–water partition coefficient (Wildman–Crippen LogP) is 1.27. The Morgan fingerprint density at radius 1 is 1.06 bits per heavy atom. The van der Waals surface area contributed by atoms with Gasteiger partial charge in [-0.3, -0.25) is 19.1 Å². The van der Waals surface area contributed by atoms with Gasteiger partial charge in [-0.25, -0.2) is 9.97 Å². The number of piperazine rings is 1. The van der Waals surface area contributed by atoms with Gasteiger partial charge in [0.25, 0.3) is 5.56 Å². The third-order valence-electron chi connectivity index (χ3n) is 6.96. The Morgan fingerprint density at radius 2 is 1.86 bits per heavy atom. The zero-order chi connectivity index (χ0) is 24.2. The standard InChI is InChI=1S/C25H33N7O3/c1-35-20-8-6-19(7-9-20)30-15-13-29(14-16-30)12-10-26-22(33)17-31-18-27-24-23(25(31)34)28-21-5-3-2-4-11-32(21)24/h6-9,18H,2-5,10-17H2,1H3,(H,26,33). The Kier molecular flexibility index (Phi) is 6.98. The van der Waals surface area contributed by atoms with Crippen molar-refractivity contribution in [3.05, 3.63) is 46.8 Å². The topological polar surface area (TPSA) is 97.5 Å². The second kappa shape index (κ2) is 10.5. The summed E-state index contributed by atoms with van der Waals surface area (Å²) in [5.74, 6) is 1.60. The van der Waals surface area contributed by atoms with Crippen LogP contribution in [0.2, 0.25) is 0 Å². The van der Waals surface area contributed by atoms with Gasteiger partial charge in [0.15, 0.2) is 11.2 Å². The van der Waals surface area contributed by atoms with Crippen LogP contribution in [-0.2, 0) is 24.3 Å². The van der Waals surface area contributed by atoms with Gasteiger partial charge in [-0.05, 0) is 37.1 Å².